The fraction of sp³-hybridized carbons (Fsp3) is 0.632. The Balaban J connectivity index is 1.62. The molecular formula is C19H27N3O4. The molecule has 7 heteroatoms. The molecule has 1 aromatic rings. The van der Waals surface area contributed by atoms with Gasteiger partial charge in [0, 0.05) is 37.4 Å². The number of benzene rings is 1. The van der Waals surface area contributed by atoms with Crippen molar-refractivity contribution in [2.75, 3.05) is 24.6 Å². The predicted octanol–water partition coefficient (Wildman–Crippen LogP) is 3.27. The molecule has 2 aliphatic rings. The highest BCUT2D eigenvalue weighted by molar-refractivity contribution is 5.96. The Morgan fingerprint density at radius 1 is 1.38 bits per heavy atom. The number of rotatable bonds is 7. The minimum atomic E-state index is -0.398. The zero-order valence-electron chi connectivity index (χ0n) is 15.3. The van der Waals surface area contributed by atoms with Crippen LogP contribution in [0.1, 0.15) is 55.8 Å². The summed E-state index contributed by atoms with van der Waals surface area (Å²) in [5.41, 5.74) is 0.950. The first kappa shape index (κ1) is 18.6. The maximum Gasteiger partial charge on any atom is 0.293 e. The van der Waals surface area contributed by atoms with Gasteiger partial charge in [-0.05, 0) is 57.6 Å². The second-order valence-corrected chi connectivity index (χ2v) is 7.24. The lowest BCUT2D eigenvalue weighted by atomic mass is 10.1. The van der Waals surface area contributed by atoms with E-state index in [0.717, 1.165) is 58.2 Å². The van der Waals surface area contributed by atoms with Crippen LogP contribution < -0.4 is 10.2 Å². The van der Waals surface area contributed by atoms with Gasteiger partial charge < -0.3 is 15.0 Å². The standard InChI is InChI=1S/C19H27N3O4/c1-14(6-8-16-5-4-12-26-16)20-19(23)15-7-9-17(18(13-15)22(24)25)21-10-2-3-11-21/h7,9,13-14,16H,2-6,8,10-12H2,1H3,(H,20,23)/t14-,16-/m0/s1. The lowest BCUT2D eigenvalue weighted by Crippen LogP contribution is -2.33. The number of nitro groups is 1. The Morgan fingerprint density at radius 3 is 2.81 bits per heavy atom. The van der Waals surface area contributed by atoms with E-state index in [1.54, 1.807) is 12.1 Å². The fourth-order valence-corrected chi connectivity index (χ4v) is 3.72. The molecule has 1 aromatic carbocycles. The summed E-state index contributed by atoms with van der Waals surface area (Å²) in [5.74, 6) is -0.263. The number of anilines is 1. The summed E-state index contributed by atoms with van der Waals surface area (Å²) in [5, 5.41) is 14.4. The number of nitrogens with one attached hydrogen (secondary N) is 1. The molecule has 0 radical (unpaired) electrons. The van der Waals surface area contributed by atoms with Crippen LogP contribution in [0.2, 0.25) is 0 Å². The lowest BCUT2D eigenvalue weighted by Gasteiger charge is -2.19. The fourth-order valence-electron chi connectivity index (χ4n) is 3.72. The van der Waals surface area contributed by atoms with Crippen molar-refractivity contribution >= 4 is 17.3 Å². The minimum absolute atomic E-state index is 0.00372. The normalized spacial score (nSPS) is 21.0. The van der Waals surface area contributed by atoms with E-state index in [-0.39, 0.29) is 17.6 Å². The van der Waals surface area contributed by atoms with Crippen molar-refractivity contribution in [1.29, 1.82) is 0 Å². The topological polar surface area (TPSA) is 84.7 Å². The van der Waals surface area contributed by atoms with Crippen molar-refractivity contribution < 1.29 is 14.5 Å². The monoisotopic (exact) mass is 361 g/mol. The summed E-state index contributed by atoms with van der Waals surface area (Å²) in [4.78, 5) is 25.6. The molecule has 2 heterocycles. The largest absolute Gasteiger partial charge is 0.378 e. The molecule has 2 atom stereocenters. The molecule has 2 fully saturated rings. The summed E-state index contributed by atoms with van der Waals surface area (Å²) in [6.45, 7) is 4.44. The second kappa shape index (κ2) is 8.49. The van der Waals surface area contributed by atoms with Crippen LogP contribution >= 0.6 is 0 Å². The minimum Gasteiger partial charge on any atom is -0.378 e. The highest BCUT2D eigenvalue weighted by atomic mass is 16.6. The Bertz CT molecular complexity index is 652. The first-order valence-corrected chi connectivity index (χ1v) is 9.50. The molecule has 0 aromatic heterocycles. The summed E-state index contributed by atoms with van der Waals surface area (Å²) in [7, 11) is 0. The Morgan fingerprint density at radius 2 is 2.15 bits per heavy atom. The number of nitro benzene ring substituents is 1. The third-order valence-electron chi connectivity index (χ3n) is 5.20. The molecule has 142 valence electrons. The van der Waals surface area contributed by atoms with E-state index in [0.29, 0.717) is 17.4 Å². The lowest BCUT2D eigenvalue weighted by molar-refractivity contribution is -0.384. The van der Waals surface area contributed by atoms with Crippen LogP contribution in [0.15, 0.2) is 18.2 Å². The van der Waals surface area contributed by atoms with Crippen LogP contribution in [0, 0.1) is 10.1 Å². The van der Waals surface area contributed by atoms with Crippen LogP contribution in [0.5, 0.6) is 0 Å². The van der Waals surface area contributed by atoms with Gasteiger partial charge in [0.05, 0.1) is 11.0 Å². The molecular weight excluding hydrogens is 334 g/mol. The molecule has 0 aliphatic carbocycles. The molecule has 0 saturated carbocycles. The first-order valence-electron chi connectivity index (χ1n) is 9.50. The van der Waals surface area contributed by atoms with E-state index in [1.165, 1.54) is 6.07 Å². The van der Waals surface area contributed by atoms with Crippen molar-refractivity contribution in [1.82, 2.24) is 5.32 Å². The molecule has 1 N–H and O–H groups in total. The molecule has 0 spiro atoms. The molecule has 7 nitrogen and oxygen atoms in total. The molecule has 2 aliphatic heterocycles. The van der Waals surface area contributed by atoms with Gasteiger partial charge in [0.15, 0.2) is 0 Å². The van der Waals surface area contributed by atoms with Gasteiger partial charge in [0.1, 0.15) is 5.69 Å². The van der Waals surface area contributed by atoms with E-state index < -0.39 is 4.92 Å². The molecule has 2 saturated heterocycles. The van der Waals surface area contributed by atoms with Gasteiger partial charge in [-0.25, -0.2) is 0 Å². The van der Waals surface area contributed by atoms with Gasteiger partial charge in [-0.2, -0.15) is 0 Å². The quantitative estimate of drug-likeness (QED) is 0.595. The van der Waals surface area contributed by atoms with Gasteiger partial charge in [0.2, 0.25) is 0 Å². The average molecular weight is 361 g/mol. The van der Waals surface area contributed by atoms with Gasteiger partial charge in [-0.3, -0.25) is 14.9 Å². The third kappa shape index (κ3) is 4.52. The summed E-state index contributed by atoms with van der Waals surface area (Å²) >= 11 is 0. The highest BCUT2D eigenvalue weighted by Crippen LogP contribution is 2.31. The third-order valence-corrected chi connectivity index (χ3v) is 5.20. The van der Waals surface area contributed by atoms with E-state index in [1.807, 2.05) is 11.8 Å². The second-order valence-electron chi connectivity index (χ2n) is 7.24. The van der Waals surface area contributed by atoms with Crippen molar-refractivity contribution in [3.63, 3.8) is 0 Å². The van der Waals surface area contributed by atoms with Crippen LogP contribution in [0.3, 0.4) is 0 Å². The predicted molar refractivity (Wildman–Crippen MR) is 99.7 cm³/mol. The van der Waals surface area contributed by atoms with Crippen LogP contribution in [-0.2, 0) is 4.74 Å². The molecule has 1 amide bonds. The Kier molecular flexibility index (Phi) is 6.08. The maximum absolute atomic E-state index is 12.5. The number of amides is 1. The molecule has 26 heavy (non-hydrogen) atoms. The smallest absolute Gasteiger partial charge is 0.293 e. The zero-order chi connectivity index (χ0) is 18.5. The van der Waals surface area contributed by atoms with E-state index in [4.69, 9.17) is 4.74 Å². The van der Waals surface area contributed by atoms with Crippen molar-refractivity contribution in [3.8, 4) is 0 Å². The van der Waals surface area contributed by atoms with Gasteiger partial charge in [0.25, 0.3) is 11.6 Å². The Hall–Kier alpha value is -2.15. The van der Waals surface area contributed by atoms with Crippen LogP contribution in [-0.4, -0.2) is 42.7 Å². The highest BCUT2D eigenvalue weighted by Gasteiger charge is 2.24. The van der Waals surface area contributed by atoms with Crippen molar-refractivity contribution in [2.45, 2.75) is 57.6 Å². The number of ether oxygens (including phenoxy) is 1. The summed E-state index contributed by atoms with van der Waals surface area (Å²) in [6.07, 6.45) is 6.35. The van der Waals surface area contributed by atoms with E-state index in [2.05, 4.69) is 5.32 Å². The van der Waals surface area contributed by atoms with E-state index in [9.17, 15) is 14.9 Å². The first-order chi connectivity index (χ1) is 12.5. The van der Waals surface area contributed by atoms with Gasteiger partial charge in [-0.15, -0.1) is 0 Å². The Labute approximate surface area is 153 Å². The molecule has 3 rings (SSSR count). The van der Waals surface area contributed by atoms with Crippen LogP contribution in [0.25, 0.3) is 0 Å². The molecule has 0 bridgehead atoms. The van der Waals surface area contributed by atoms with Crippen molar-refractivity contribution in [2.24, 2.45) is 0 Å². The van der Waals surface area contributed by atoms with E-state index >= 15 is 0 Å². The SMILES string of the molecule is C[C@@H](CC[C@@H]1CCCO1)NC(=O)c1ccc(N2CCCC2)c([N+](=O)[O-])c1. The number of nitrogens with zero attached hydrogens (tertiary/aromatic N) is 2. The van der Waals surface area contributed by atoms with Gasteiger partial charge in [-0.1, -0.05) is 0 Å². The summed E-state index contributed by atoms with van der Waals surface area (Å²) < 4.78 is 5.60. The van der Waals surface area contributed by atoms with Gasteiger partial charge >= 0.3 is 0 Å². The number of hydrogen-bond acceptors (Lipinski definition) is 5. The number of carbonyl (C=O) groups is 1. The molecule has 0 unspecified atom stereocenters. The van der Waals surface area contributed by atoms with Crippen molar-refractivity contribution in [3.05, 3.63) is 33.9 Å². The number of carbonyl (C=O) groups excluding carboxylic acids is 1. The number of hydrogen-bond donors (Lipinski definition) is 1. The maximum atomic E-state index is 12.5. The average Bonchev–Trinajstić information content (AvgIpc) is 3.33. The zero-order valence-corrected chi connectivity index (χ0v) is 15.3. The summed E-state index contributed by atoms with van der Waals surface area (Å²) in [6, 6.07) is 4.79. The van der Waals surface area contributed by atoms with Crippen LogP contribution in [0.4, 0.5) is 11.4 Å².